The summed E-state index contributed by atoms with van der Waals surface area (Å²) < 4.78 is 0. The molecule has 4 heteroatoms. The van der Waals surface area contributed by atoms with Crippen LogP contribution in [0.25, 0.3) is 0 Å². The largest absolute Gasteiger partial charge is 0.312 e. The van der Waals surface area contributed by atoms with E-state index < -0.39 is 0 Å². The first kappa shape index (κ1) is 17.2. The van der Waals surface area contributed by atoms with E-state index in [4.69, 9.17) is 0 Å². The monoisotopic (exact) mass is 328 g/mol. The predicted octanol–water partition coefficient (Wildman–Crippen LogP) is 3.51. The quantitative estimate of drug-likeness (QED) is 0.777. The van der Waals surface area contributed by atoms with Crippen molar-refractivity contribution < 1.29 is 9.59 Å². The van der Waals surface area contributed by atoms with Crippen molar-refractivity contribution in [3.8, 4) is 0 Å². The van der Waals surface area contributed by atoms with Crippen LogP contribution < -0.4 is 4.90 Å². The minimum atomic E-state index is 0.0834. The summed E-state index contributed by atoms with van der Waals surface area (Å²) in [6, 6.07) is 7.54. The van der Waals surface area contributed by atoms with Crippen LogP contribution in [-0.2, 0) is 4.79 Å². The highest BCUT2D eigenvalue weighted by Gasteiger charge is 2.25. The van der Waals surface area contributed by atoms with Gasteiger partial charge in [0.05, 0.1) is 5.69 Å². The van der Waals surface area contributed by atoms with Crippen LogP contribution in [0.5, 0.6) is 0 Å². The van der Waals surface area contributed by atoms with Gasteiger partial charge in [0.2, 0.25) is 5.91 Å². The summed E-state index contributed by atoms with van der Waals surface area (Å²) in [5.74, 6) is 1.04. The second kappa shape index (κ2) is 7.93. The number of piperidine rings is 1. The van der Waals surface area contributed by atoms with Crippen molar-refractivity contribution in [3.63, 3.8) is 0 Å². The Morgan fingerprint density at radius 1 is 1.00 bits per heavy atom. The van der Waals surface area contributed by atoms with E-state index in [-0.39, 0.29) is 11.7 Å². The third-order valence-electron chi connectivity index (χ3n) is 5.34. The number of para-hydroxylation sites is 1. The lowest BCUT2D eigenvalue weighted by molar-refractivity contribution is -0.118. The van der Waals surface area contributed by atoms with Crippen LogP contribution in [0.3, 0.4) is 0 Å². The van der Waals surface area contributed by atoms with Gasteiger partial charge in [0, 0.05) is 24.9 Å². The maximum atomic E-state index is 12.4. The Hall–Kier alpha value is -1.68. The lowest BCUT2D eigenvalue weighted by atomic mass is 9.99. The summed E-state index contributed by atoms with van der Waals surface area (Å²) in [5, 5.41) is 0. The number of ketones is 1. The maximum absolute atomic E-state index is 12.4. The van der Waals surface area contributed by atoms with Crippen LogP contribution in [0.4, 0.5) is 5.69 Å². The lowest BCUT2D eigenvalue weighted by Gasteiger charge is -2.30. The molecule has 1 saturated heterocycles. The van der Waals surface area contributed by atoms with Gasteiger partial charge in [-0.3, -0.25) is 9.59 Å². The van der Waals surface area contributed by atoms with Gasteiger partial charge >= 0.3 is 0 Å². The van der Waals surface area contributed by atoms with Crippen molar-refractivity contribution in [1.82, 2.24) is 4.90 Å². The molecule has 24 heavy (non-hydrogen) atoms. The molecular formula is C20H28N2O2. The van der Waals surface area contributed by atoms with Crippen LogP contribution in [-0.4, -0.2) is 42.8 Å². The standard InChI is InChI=1S/C20H28N2O2/c1-16-10-14-21(15-11-16)12-4-5-13-22-18-7-3-2-6-17(18)19(23)8-9-20(22)24/h2-3,6-7,16H,4-5,8-15H2,1H3. The van der Waals surface area contributed by atoms with Gasteiger partial charge in [-0.15, -0.1) is 0 Å². The van der Waals surface area contributed by atoms with Gasteiger partial charge in [-0.25, -0.2) is 0 Å². The second-order valence-electron chi connectivity index (χ2n) is 7.22. The Kier molecular flexibility index (Phi) is 5.67. The first-order valence-electron chi connectivity index (χ1n) is 9.30. The molecule has 0 N–H and O–H groups in total. The Bertz CT molecular complexity index is 591. The molecule has 2 heterocycles. The molecule has 1 aromatic carbocycles. The van der Waals surface area contributed by atoms with Gasteiger partial charge in [0.15, 0.2) is 5.78 Å². The minimum absolute atomic E-state index is 0.0834. The Labute approximate surface area is 144 Å². The normalized spacial score (nSPS) is 20.1. The molecule has 0 radical (unpaired) electrons. The molecule has 4 nitrogen and oxygen atoms in total. The van der Waals surface area contributed by atoms with Crippen molar-refractivity contribution in [2.24, 2.45) is 5.92 Å². The summed E-state index contributed by atoms with van der Waals surface area (Å²) in [6.07, 6.45) is 5.37. The zero-order chi connectivity index (χ0) is 16.9. The third kappa shape index (κ3) is 4.04. The molecule has 0 bridgehead atoms. The number of hydrogen-bond acceptors (Lipinski definition) is 3. The van der Waals surface area contributed by atoms with E-state index in [0.29, 0.717) is 24.9 Å². The highest BCUT2D eigenvalue weighted by Crippen LogP contribution is 2.27. The number of hydrogen-bond donors (Lipinski definition) is 0. The average molecular weight is 328 g/mol. The summed E-state index contributed by atoms with van der Waals surface area (Å²) >= 11 is 0. The first-order valence-corrected chi connectivity index (χ1v) is 9.30. The van der Waals surface area contributed by atoms with Crippen LogP contribution in [0.2, 0.25) is 0 Å². The highest BCUT2D eigenvalue weighted by atomic mass is 16.2. The average Bonchev–Trinajstić information content (AvgIpc) is 2.72. The molecular weight excluding hydrogens is 300 g/mol. The first-order chi connectivity index (χ1) is 11.6. The van der Waals surface area contributed by atoms with Gasteiger partial charge in [0.1, 0.15) is 0 Å². The molecule has 0 saturated carbocycles. The predicted molar refractivity (Wildman–Crippen MR) is 96.4 cm³/mol. The Morgan fingerprint density at radius 2 is 1.71 bits per heavy atom. The molecule has 0 unspecified atom stereocenters. The lowest BCUT2D eigenvalue weighted by Crippen LogP contribution is -2.35. The summed E-state index contributed by atoms with van der Waals surface area (Å²) in [7, 11) is 0. The second-order valence-corrected chi connectivity index (χ2v) is 7.22. The van der Waals surface area contributed by atoms with Crippen LogP contribution in [0, 0.1) is 5.92 Å². The molecule has 0 atom stereocenters. The number of rotatable bonds is 5. The number of benzene rings is 1. The number of nitrogens with zero attached hydrogens (tertiary/aromatic N) is 2. The topological polar surface area (TPSA) is 40.6 Å². The zero-order valence-corrected chi connectivity index (χ0v) is 14.7. The van der Waals surface area contributed by atoms with Gasteiger partial charge < -0.3 is 9.80 Å². The zero-order valence-electron chi connectivity index (χ0n) is 14.7. The van der Waals surface area contributed by atoms with Gasteiger partial charge in [-0.1, -0.05) is 19.1 Å². The van der Waals surface area contributed by atoms with E-state index in [1.807, 2.05) is 29.2 Å². The number of unbranched alkanes of at least 4 members (excludes halogenated alkanes) is 1. The van der Waals surface area contributed by atoms with E-state index in [1.54, 1.807) is 0 Å². The molecule has 1 aromatic rings. The number of amides is 1. The molecule has 1 amide bonds. The number of fused-ring (bicyclic) bond motifs is 1. The molecule has 0 spiro atoms. The number of anilines is 1. The molecule has 2 aliphatic heterocycles. The molecule has 130 valence electrons. The van der Waals surface area contributed by atoms with E-state index in [9.17, 15) is 9.59 Å². The molecule has 3 rings (SSSR count). The number of carbonyl (C=O) groups excluding carboxylic acids is 2. The Morgan fingerprint density at radius 3 is 2.50 bits per heavy atom. The highest BCUT2D eigenvalue weighted by molar-refractivity contribution is 6.09. The van der Waals surface area contributed by atoms with Crippen molar-refractivity contribution in [2.75, 3.05) is 31.1 Å². The van der Waals surface area contributed by atoms with E-state index in [2.05, 4.69) is 11.8 Å². The van der Waals surface area contributed by atoms with Crippen LogP contribution in [0.15, 0.2) is 24.3 Å². The van der Waals surface area contributed by atoms with Gasteiger partial charge in [-0.2, -0.15) is 0 Å². The fraction of sp³-hybridized carbons (Fsp3) is 0.600. The smallest absolute Gasteiger partial charge is 0.227 e. The van der Waals surface area contributed by atoms with Crippen LogP contribution in [0.1, 0.15) is 55.8 Å². The fourth-order valence-electron chi connectivity index (χ4n) is 3.71. The van der Waals surface area contributed by atoms with Crippen molar-refractivity contribution in [1.29, 1.82) is 0 Å². The van der Waals surface area contributed by atoms with Crippen LogP contribution >= 0.6 is 0 Å². The van der Waals surface area contributed by atoms with Crippen molar-refractivity contribution >= 4 is 17.4 Å². The summed E-state index contributed by atoms with van der Waals surface area (Å²) in [4.78, 5) is 29.0. The maximum Gasteiger partial charge on any atom is 0.227 e. The molecule has 0 aromatic heterocycles. The number of likely N-dealkylation sites (tertiary alicyclic amines) is 1. The summed E-state index contributed by atoms with van der Waals surface area (Å²) in [6.45, 7) is 6.59. The van der Waals surface area contributed by atoms with E-state index in [1.165, 1.54) is 25.9 Å². The summed E-state index contributed by atoms with van der Waals surface area (Å²) in [5.41, 5.74) is 1.50. The third-order valence-corrected chi connectivity index (χ3v) is 5.34. The number of carbonyl (C=O) groups is 2. The van der Waals surface area contributed by atoms with E-state index in [0.717, 1.165) is 31.0 Å². The minimum Gasteiger partial charge on any atom is -0.312 e. The fourth-order valence-corrected chi connectivity index (χ4v) is 3.71. The van der Waals surface area contributed by atoms with Gasteiger partial charge in [0.25, 0.3) is 0 Å². The molecule has 0 aliphatic carbocycles. The van der Waals surface area contributed by atoms with Crippen molar-refractivity contribution in [3.05, 3.63) is 29.8 Å². The number of Topliss-reactive ketones (excluding diaryl/α,β-unsaturated/α-hetero) is 1. The van der Waals surface area contributed by atoms with Gasteiger partial charge in [-0.05, 0) is 63.4 Å². The SMILES string of the molecule is CC1CCN(CCCCN2C(=O)CCC(=O)c3ccccc32)CC1. The Balaban J connectivity index is 1.55. The van der Waals surface area contributed by atoms with Crippen molar-refractivity contribution in [2.45, 2.75) is 45.4 Å². The molecule has 2 aliphatic rings. The van der Waals surface area contributed by atoms with E-state index >= 15 is 0 Å². The molecule has 1 fully saturated rings.